The molecule has 1 amide bonds. The predicted octanol–water partition coefficient (Wildman–Crippen LogP) is 5.04. The highest BCUT2D eigenvalue weighted by atomic mass is 35.5. The van der Waals surface area contributed by atoms with Crippen LogP contribution in [0.25, 0.3) is 10.2 Å². The number of amides is 1. The van der Waals surface area contributed by atoms with Crippen molar-refractivity contribution in [3.05, 3.63) is 23.2 Å². The molecule has 2 heterocycles. The van der Waals surface area contributed by atoms with Gasteiger partial charge in [-0.05, 0) is 43.9 Å². The van der Waals surface area contributed by atoms with E-state index in [2.05, 4.69) is 0 Å². The highest BCUT2D eigenvalue weighted by molar-refractivity contribution is 7.22. The fourth-order valence-corrected chi connectivity index (χ4v) is 5.08. The Bertz CT molecular complexity index is 751. The molecule has 0 N–H and O–H groups in total. The van der Waals surface area contributed by atoms with Crippen molar-refractivity contribution in [2.24, 2.45) is 5.92 Å². The van der Waals surface area contributed by atoms with Crippen LogP contribution in [-0.2, 0) is 9.53 Å². The number of rotatable bonds is 4. The van der Waals surface area contributed by atoms with E-state index in [9.17, 15) is 4.79 Å². The average Bonchev–Trinajstić information content (AvgIpc) is 3.28. The lowest BCUT2D eigenvalue weighted by Crippen LogP contribution is -2.41. The van der Waals surface area contributed by atoms with E-state index in [1.165, 1.54) is 6.42 Å². The van der Waals surface area contributed by atoms with Crippen molar-refractivity contribution in [2.75, 3.05) is 18.1 Å². The molecule has 25 heavy (non-hydrogen) atoms. The summed E-state index contributed by atoms with van der Waals surface area (Å²) in [6.45, 7) is 1.41. The number of hydrogen-bond acceptors (Lipinski definition) is 4. The summed E-state index contributed by atoms with van der Waals surface area (Å²) >= 11 is 7.66. The first kappa shape index (κ1) is 17.3. The van der Waals surface area contributed by atoms with Crippen molar-refractivity contribution in [2.45, 2.75) is 51.0 Å². The van der Waals surface area contributed by atoms with E-state index < -0.39 is 0 Å². The number of fused-ring (bicyclic) bond motifs is 1. The largest absolute Gasteiger partial charge is 0.376 e. The zero-order valence-electron chi connectivity index (χ0n) is 14.2. The highest BCUT2D eigenvalue weighted by Crippen LogP contribution is 2.34. The molecule has 2 aliphatic rings. The fourth-order valence-electron chi connectivity index (χ4n) is 3.83. The molecule has 1 aliphatic heterocycles. The van der Waals surface area contributed by atoms with Gasteiger partial charge in [-0.1, -0.05) is 42.2 Å². The van der Waals surface area contributed by atoms with E-state index >= 15 is 0 Å². The zero-order valence-corrected chi connectivity index (χ0v) is 15.8. The van der Waals surface area contributed by atoms with Crippen LogP contribution in [0.15, 0.2) is 18.2 Å². The van der Waals surface area contributed by atoms with Crippen LogP contribution in [-0.4, -0.2) is 30.1 Å². The summed E-state index contributed by atoms with van der Waals surface area (Å²) in [7, 11) is 0. The van der Waals surface area contributed by atoms with Gasteiger partial charge in [0.2, 0.25) is 5.91 Å². The second kappa shape index (κ2) is 7.60. The second-order valence-electron chi connectivity index (χ2n) is 7.03. The van der Waals surface area contributed by atoms with Gasteiger partial charge < -0.3 is 4.74 Å². The number of benzene rings is 1. The molecule has 0 radical (unpaired) electrons. The van der Waals surface area contributed by atoms with Crippen molar-refractivity contribution in [1.82, 2.24) is 4.98 Å². The lowest BCUT2D eigenvalue weighted by molar-refractivity contribution is -0.123. The standard InChI is InChI=1S/C19H23ClN2O2S/c20-14-8-9-16-17(11-14)25-19(21-16)22(12-15-7-4-10-24-15)18(23)13-5-2-1-3-6-13/h8-9,11,13,15H,1-7,10,12H2. The van der Waals surface area contributed by atoms with Crippen molar-refractivity contribution < 1.29 is 9.53 Å². The SMILES string of the molecule is O=C(C1CCCCC1)N(CC1CCCO1)c1nc2ccc(Cl)cc2s1. The van der Waals surface area contributed by atoms with Crippen molar-refractivity contribution in [3.63, 3.8) is 0 Å². The molecule has 6 heteroatoms. The first-order valence-electron chi connectivity index (χ1n) is 9.20. The predicted molar refractivity (Wildman–Crippen MR) is 103 cm³/mol. The second-order valence-corrected chi connectivity index (χ2v) is 8.47. The lowest BCUT2D eigenvalue weighted by Gasteiger charge is -2.29. The number of halogens is 1. The first-order chi connectivity index (χ1) is 12.2. The summed E-state index contributed by atoms with van der Waals surface area (Å²) in [6, 6.07) is 5.70. The summed E-state index contributed by atoms with van der Waals surface area (Å²) in [4.78, 5) is 19.9. The van der Waals surface area contributed by atoms with Gasteiger partial charge in [-0.15, -0.1) is 0 Å². The summed E-state index contributed by atoms with van der Waals surface area (Å²) in [5.41, 5.74) is 0.901. The maximum absolute atomic E-state index is 13.2. The van der Waals surface area contributed by atoms with Crippen molar-refractivity contribution >= 4 is 44.2 Å². The maximum atomic E-state index is 13.2. The quantitative estimate of drug-likeness (QED) is 0.748. The maximum Gasteiger partial charge on any atom is 0.231 e. The summed E-state index contributed by atoms with van der Waals surface area (Å²) in [5.74, 6) is 0.353. The van der Waals surface area contributed by atoms with E-state index in [1.54, 1.807) is 11.3 Å². The van der Waals surface area contributed by atoms with E-state index in [0.717, 1.165) is 60.5 Å². The molecule has 1 saturated heterocycles. The van der Waals surface area contributed by atoms with Gasteiger partial charge in [0.25, 0.3) is 0 Å². The molecule has 134 valence electrons. The van der Waals surface area contributed by atoms with E-state index in [-0.39, 0.29) is 17.9 Å². The molecule has 4 nitrogen and oxygen atoms in total. The van der Waals surface area contributed by atoms with Gasteiger partial charge >= 0.3 is 0 Å². The van der Waals surface area contributed by atoms with Crippen LogP contribution in [0.1, 0.15) is 44.9 Å². The number of thiazole rings is 1. The molecule has 2 aromatic rings. The van der Waals surface area contributed by atoms with Gasteiger partial charge in [-0.3, -0.25) is 9.69 Å². The van der Waals surface area contributed by atoms with Crippen LogP contribution in [0.5, 0.6) is 0 Å². The Morgan fingerprint density at radius 1 is 1.24 bits per heavy atom. The molecule has 0 bridgehead atoms. The van der Waals surface area contributed by atoms with Gasteiger partial charge in [-0.2, -0.15) is 0 Å². The smallest absolute Gasteiger partial charge is 0.231 e. The molecular weight excluding hydrogens is 356 g/mol. The Morgan fingerprint density at radius 2 is 2.08 bits per heavy atom. The van der Waals surface area contributed by atoms with Crippen molar-refractivity contribution in [1.29, 1.82) is 0 Å². The number of ether oxygens (including phenoxy) is 1. The molecular formula is C19H23ClN2O2S. The number of nitrogens with zero attached hydrogens (tertiary/aromatic N) is 2. The van der Waals surface area contributed by atoms with Crippen LogP contribution >= 0.6 is 22.9 Å². The minimum absolute atomic E-state index is 0.128. The Hall–Kier alpha value is -1.17. The van der Waals surface area contributed by atoms with Crippen LogP contribution in [0.3, 0.4) is 0 Å². The Labute approximate surface area is 157 Å². The minimum Gasteiger partial charge on any atom is -0.376 e. The lowest BCUT2D eigenvalue weighted by atomic mass is 9.88. The Balaban J connectivity index is 1.63. The molecule has 1 aromatic heterocycles. The van der Waals surface area contributed by atoms with Crippen LogP contribution < -0.4 is 4.90 Å². The summed E-state index contributed by atoms with van der Waals surface area (Å²) in [5, 5.41) is 1.48. The summed E-state index contributed by atoms with van der Waals surface area (Å²) < 4.78 is 6.82. The van der Waals surface area contributed by atoms with E-state index in [1.807, 2.05) is 23.1 Å². The summed E-state index contributed by atoms with van der Waals surface area (Å²) in [6.07, 6.45) is 7.77. The average molecular weight is 379 g/mol. The Kier molecular flexibility index (Phi) is 5.25. The van der Waals surface area contributed by atoms with Crippen molar-refractivity contribution in [3.8, 4) is 0 Å². The number of anilines is 1. The molecule has 2 fully saturated rings. The zero-order chi connectivity index (χ0) is 17.2. The number of hydrogen-bond donors (Lipinski definition) is 0. The molecule has 1 aromatic carbocycles. The molecule has 1 unspecified atom stereocenters. The minimum atomic E-state index is 0.128. The number of carbonyl (C=O) groups excluding carboxylic acids is 1. The van der Waals surface area contributed by atoms with E-state index in [0.29, 0.717) is 11.6 Å². The molecule has 0 spiro atoms. The normalized spacial score (nSPS) is 21.7. The van der Waals surface area contributed by atoms with Crippen LogP contribution in [0, 0.1) is 5.92 Å². The molecule has 4 rings (SSSR count). The third kappa shape index (κ3) is 3.83. The fraction of sp³-hybridized carbons (Fsp3) is 0.579. The monoisotopic (exact) mass is 378 g/mol. The van der Waals surface area contributed by atoms with Gasteiger partial charge in [0.15, 0.2) is 5.13 Å². The molecule has 1 saturated carbocycles. The van der Waals surface area contributed by atoms with Gasteiger partial charge in [0.1, 0.15) is 0 Å². The molecule has 1 aliphatic carbocycles. The van der Waals surface area contributed by atoms with Gasteiger partial charge in [-0.25, -0.2) is 4.98 Å². The topological polar surface area (TPSA) is 42.4 Å². The third-order valence-electron chi connectivity index (χ3n) is 5.20. The third-order valence-corrected chi connectivity index (χ3v) is 6.48. The van der Waals surface area contributed by atoms with Gasteiger partial charge in [0, 0.05) is 17.5 Å². The highest BCUT2D eigenvalue weighted by Gasteiger charge is 2.31. The van der Waals surface area contributed by atoms with Crippen LogP contribution in [0.2, 0.25) is 5.02 Å². The van der Waals surface area contributed by atoms with E-state index in [4.69, 9.17) is 21.3 Å². The van der Waals surface area contributed by atoms with Gasteiger partial charge in [0.05, 0.1) is 22.9 Å². The van der Waals surface area contributed by atoms with Crippen LogP contribution in [0.4, 0.5) is 5.13 Å². The first-order valence-corrected chi connectivity index (χ1v) is 10.4. The Morgan fingerprint density at radius 3 is 2.84 bits per heavy atom. The molecule has 1 atom stereocenters. The number of carbonyl (C=O) groups is 1. The number of aromatic nitrogens is 1.